The van der Waals surface area contributed by atoms with Gasteiger partial charge in [0.15, 0.2) is 0 Å². The molecule has 0 saturated heterocycles. The fraction of sp³-hybridized carbons (Fsp3) is 0.143. The summed E-state index contributed by atoms with van der Waals surface area (Å²) in [6.07, 6.45) is 0. The molecule has 0 aliphatic heterocycles. The molecule has 0 atom stereocenters. The standard InChI is InChI=1S/C14H14BrNO4S/c1-20-14-7-6-11(8-12(14)15)21(18,19)16-13-5-3-2-4-10(13)9-17/h2-8,16-17H,9H2,1H3. The second-order valence-corrected chi connectivity index (χ2v) is 6.75. The van der Waals surface area contributed by atoms with Crippen molar-refractivity contribution in [1.29, 1.82) is 0 Å². The number of benzene rings is 2. The van der Waals surface area contributed by atoms with Crippen LogP contribution >= 0.6 is 15.9 Å². The van der Waals surface area contributed by atoms with E-state index < -0.39 is 10.0 Å². The van der Waals surface area contributed by atoms with Gasteiger partial charge in [-0.15, -0.1) is 0 Å². The van der Waals surface area contributed by atoms with Crippen LogP contribution in [0.4, 0.5) is 5.69 Å². The smallest absolute Gasteiger partial charge is 0.261 e. The third kappa shape index (κ3) is 3.55. The third-order valence-corrected chi connectivity index (χ3v) is 4.85. The molecule has 0 aromatic heterocycles. The van der Waals surface area contributed by atoms with Gasteiger partial charge in [-0.2, -0.15) is 0 Å². The summed E-state index contributed by atoms with van der Waals surface area (Å²) < 4.78 is 32.8. The van der Waals surface area contributed by atoms with Crippen LogP contribution in [0.15, 0.2) is 51.8 Å². The molecule has 0 bridgehead atoms. The summed E-state index contributed by atoms with van der Waals surface area (Å²) >= 11 is 3.26. The van der Waals surface area contributed by atoms with Crippen molar-refractivity contribution < 1.29 is 18.3 Å². The van der Waals surface area contributed by atoms with Gasteiger partial charge >= 0.3 is 0 Å². The van der Waals surface area contributed by atoms with Crippen LogP contribution in [-0.4, -0.2) is 20.6 Å². The Bertz CT molecular complexity index is 746. The Balaban J connectivity index is 2.36. The van der Waals surface area contributed by atoms with E-state index in [2.05, 4.69) is 20.7 Å². The summed E-state index contributed by atoms with van der Waals surface area (Å²) in [4.78, 5) is 0.0999. The minimum Gasteiger partial charge on any atom is -0.496 e. The fourth-order valence-corrected chi connectivity index (χ4v) is 3.59. The number of hydrogen-bond acceptors (Lipinski definition) is 4. The number of aliphatic hydroxyl groups excluding tert-OH is 1. The number of methoxy groups -OCH3 is 1. The summed E-state index contributed by atoms with van der Waals surface area (Å²) in [5, 5.41) is 9.24. The molecule has 2 aromatic carbocycles. The number of nitrogens with one attached hydrogen (secondary N) is 1. The maximum atomic E-state index is 12.4. The topological polar surface area (TPSA) is 75.6 Å². The number of hydrogen-bond donors (Lipinski definition) is 2. The van der Waals surface area contributed by atoms with Crippen LogP contribution in [0.3, 0.4) is 0 Å². The minimum absolute atomic E-state index is 0.0999. The number of ether oxygens (including phenoxy) is 1. The molecule has 0 unspecified atom stereocenters. The van der Waals surface area contributed by atoms with Crippen molar-refractivity contribution in [3.05, 3.63) is 52.5 Å². The van der Waals surface area contributed by atoms with Gasteiger partial charge in [0.1, 0.15) is 5.75 Å². The van der Waals surface area contributed by atoms with Gasteiger partial charge < -0.3 is 9.84 Å². The van der Waals surface area contributed by atoms with Crippen molar-refractivity contribution in [3.8, 4) is 5.75 Å². The van der Waals surface area contributed by atoms with Gasteiger partial charge in [-0.1, -0.05) is 18.2 Å². The second-order valence-electron chi connectivity index (χ2n) is 4.22. The number of rotatable bonds is 5. The van der Waals surface area contributed by atoms with Crippen LogP contribution in [0.2, 0.25) is 0 Å². The lowest BCUT2D eigenvalue weighted by atomic mass is 10.2. The monoisotopic (exact) mass is 371 g/mol. The summed E-state index contributed by atoms with van der Waals surface area (Å²) in [7, 11) is -2.24. The van der Waals surface area contributed by atoms with Gasteiger partial charge in [-0.25, -0.2) is 8.42 Å². The van der Waals surface area contributed by atoms with E-state index in [-0.39, 0.29) is 11.5 Å². The molecule has 0 heterocycles. The van der Waals surface area contributed by atoms with E-state index in [0.29, 0.717) is 21.5 Å². The average molecular weight is 372 g/mol. The van der Waals surface area contributed by atoms with Gasteiger partial charge in [0.05, 0.1) is 28.8 Å². The lowest BCUT2D eigenvalue weighted by molar-refractivity contribution is 0.282. The molecule has 0 radical (unpaired) electrons. The quantitative estimate of drug-likeness (QED) is 0.846. The summed E-state index contributed by atoms with van der Waals surface area (Å²) in [5.74, 6) is 0.546. The third-order valence-electron chi connectivity index (χ3n) is 2.87. The highest BCUT2D eigenvalue weighted by molar-refractivity contribution is 9.10. The second kappa shape index (κ2) is 6.46. The van der Waals surface area contributed by atoms with Crippen molar-refractivity contribution in [2.75, 3.05) is 11.8 Å². The summed E-state index contributed by atoms with van der Waals surface area (Å²) in [6.45, 7) is -0.245. The van der Waals surface area contributed by atoms with Crippen LogP contribution in [0.5, 0.6) is 5.75 Å². The van der Waals surface area contributed by atoms with Gasteiger partial charge in [-0.3, -0.25) is 4.72 Å². The van der Waals surface area contributed by atoms with E-state index >= 15 is 0 Å². The Kier molecular flexibility index (Phi) is 4.87. The Hall–Kier alpha value is -1.57. The maximum Gasteiger partial charge on any atom is 0.261 e. The lowest BCUT2D eigenvalue weighted by Crippen LogP contribution is -2.14. The molecule has 0 aliphatic carbocycles. The average Bonchev–Trinajstić information content (AvgIpc) is 2.47. The molecule has 0 spiro atoms. The molecule has 0 fully saturated rings. The minimum atomic E-state index is -3.74. The first kappa shape index (κ1) is 15.8. The van der Waals surface area contributed by atoms with E-state index in [0.717, 1.165) is 0 Å². The highest BCUT2D eigenvalue weighted by atomic mass is 79.9. The van der Waals surface area contributed by atoms with Crippen molar-refractivity contribution in [3.63, 3.8) is 0 Å². The number of aliphatic hydroxyl groups is 1. The SMILES string of the molecule is COc1ccc(S(=O)(=O)Nc2ccccc2CO)cc1Br. The van der Waals surface area contributed by atoms with E-state index in [4.69, 9.17) is 4.74 Å². The Labute approximate surface area is 131 Å². The van der Waals surface area contributed by atoms with Crippen molar-refractivity contribution in [1.82, 2.24) is 0 Å². The van der Waals surface area contributed by atoms with Crippen LogP contribution in [0, 0.1) is 0 Å². The fourth-order valence-electron chi connectivity index (χ4n) is 1.78. The Morgan fingerprint density at radius 2 is 1.95 bits per heavy atom. The molecule has 0 saturated carbocycles. The predicted molar refractivity (Wildman–Crippen MR) is 83.9 cm³/mol. The van der Waals surface area contributed by atoms with Crippen LogP contribution < -0.4 is 9.46 Å². The van der Waals surface area contributed by atoms with Gasteiger partial charge in [0.2, 0.25) is 0 Å². The van der Waals surface area contributed by atoms with E-state index in [1.165, 1.54) is 19.2 Å². The van der Waals surface area contributed by atoms with E-state index in [9.17, 15) is 13.5 Å². The highest BCUT2D eigenvalue weighted by Crippen LogP contribution is 2.28. The molecule has 112 valence electrons. The molecular formula is C14H14BrNO4S. The lowest BCUT2D eigenvalue weighted by Gasteiger charge is -2.12. The van der Waals surface area contributed by atoms with Crippen molar-refractivity contribution >= 4 is 31.6 Å². The highest BCUT2D eigenvalue weighted by Gasteiger charge is 2.17. The van der Waals surface area contributed by atoms with E-state index in [1.54, 1.807) is 30.3 Å². The Morgan fingerprint density at radius 3 is 2.57 bits per heavy atom. The first-order chi connectivity index (χ1) is 9.97. The van der Waals surface area contributed by atoms with Crippen LogP contribution in [0.25, 0.3) is 0 Å². The molecular weight excluding hydrogens is 358 g/mol. The normalized spacial score (nSPS) is 11.2. The molecule has 2 N–H and O–H groups in total. The molecule has 21 heavy (non-hydrogen) atoms. The van der Waals surface area contributed by atoms with Gasteiger partial charge in [-0.05, 0) is 40.2 Å². The van der Waals surface area contributed by atoms with Gasteiger partial charge in [0.25, 0.3) is 10.0 Å². The number of halogens is 1. The predicted octanol–water partition coefficient (Wildman–Crippen LogP) is 2.75. The summed E-state index contributed by atoms with van der Waals surface area (Å²) in [5.41, 5.74) is 0.862. The molecule has 0 aliphatic rings. The number of para-hydroxylation sites is 1. The first-order valence-electron chi connectivity index (χ1n) is 6.03. The maximum absolute atomic E-state index is 12.4. The number of sulfonamides is 1. The zero-order chi connectivity index (χ0) is 15.5. The zero-order valence-electron chi connectivity index (χ0n) is 11.2. The van der Waals surface area contributed by atoms with Crippen molar-refractivity contribution in [2.24, 2.45) is 0 Å². The number of anilines is 1. The zero-order valence-corrected chi connectivity index (χ0v) is 13.6. The van der Waals surface area contributed by atoms with Crippen molar-refractivity contribution in [2.45, 2.75) is 11.5 Å². The van der Waals surface area contributed by atoms with E-state index in [1.807, 2.05) is 0 Å². The molecule has 7 heteroatoms. The molecule has 5 nitrogen and oxygen atoms in total. The largest absolute Gasteiger partial charge is 0.496 e. The van der Waals surface area contributed by atoms with Crippen LogP contribution in [-0.2, 0) is 16.6 Å². The van der Waals surface area contributed by atoms with Gasteiger partial charge in [0, 0.05) is 5.56 Å². The van der Waals surface area contributed by atoms with Crippen LogP contribution in [0.1, 0.15) is 5.56 Å². The first-order valence-corrected chi connectivity index (χ1v) is 8.30. The molecule has 0 amide bonds. The molecule has 2 rings (SSSR count). The Morgan fingerprint density at radius 1 is 1.24 bits per heavy atom. The molecule has 2 aromatic rings. The summed E-state index contributed by atoms with van der Waals surface area (Å²) in [6, 6.07) is 11.2.